The molecule has 0 aromatic carbocycles. The number of rotatable bonds is 7. The van der Waals surface area contributed by atoms with Crippen molar-refractivity contribution in [2.24, 2.45) is 17.3 Å². The Balaban J connectivity index is 1.58. The predicted octanol–water partition coefficient (Wildman–Crippen LogP) is 0.346. The molecular formula is C19H33N3O4. The summed E-state index contributed by atoms with van der Waals surface area (Å²) < 4.78 is 10.8. The highest BCUT2D eigenvalue weighted by Crippen LogP contribution is 2.33. The summed E-state index contributed by atoms with van der Waals surface area (Å²) in [6.07, 6.45) is 3.03. The lowest BCUT2D eigenvalue weighted by molar-refractivity contribution is -0.146. The van der Waals surface area contributed by atoms with Gasteiger partial charge in [0.25, 0.3) is 0 Å². The van der Waals surface area contributed by atoms with Crippen LogP contribution in [0.25, 0.3) is 0 Å². The van der Waals surface area contributed by atoms with Gasteiger partial charge in [-0.15, -0.1) is 0 Å². The minimum Gasteiger partial charge on any atom is -0.381 e. The lowest BCUT2D eigenvalue weighted by Gasteiger charge is -2.34. The molecule has 0 aromatic heterocycles. The van der Waals surface area contributed by atoms with Gasteiger partial charge in [-0.1, -0.05) is 0 Å². The van der Waals surface area contributed by atoms with E-state index >= 15 is 0 Å². The standard InChI is InChI=1S/C19H33N3O4/c1-21(10-15-3-7-25-12-15)17(23)9-19(5-6-20-14-19)18(24)22(2)11-16-4-8-26-13-16/h15-16,20H,3-14H2,1-2H3. The van der Waals surface area contributed by atoms with Crippen molar-refractivity contribution < 1.29 is 19.1 Å². The Morgan fingerprint density at radius 1 is 1.04 bits per heavy atom. The molecular weight excluding hydrogens is 334 g/mol. The summed E-state index contributed by atoms with van der Waals surface area (Å²) in [4.78, 5) is 29.7. The van der Waals surface area contributed by atoms with Crippen LogP contribution in [0.3, 0.4) is 0 Å². The Bertz CT molecular complexity index is 495. The van der Waals surface area contributed by atoms with Crippen molar-refractivity contribution in [1.29, 1.82) is 0 Å². The van der Waals surface area contributed by atoms with E-state index in [-0.39, 0.29) is 18.2 Å². The van der Waals surface area contributed by atoms with Crippen molar-refractivity contribution in [2.45, 2.75) is 25.7 Å². The van der Waals surface area contributed by atoms with Gasteiger partial charge in [0.05, 0.1) is 18.6 Å². The molecule has 3 unspecified atom stereocenters. The lowest BCUT2D eigenvalue weighted by Crippen LogP contribution is -2.48. The summed E-state index contributed by atoms with van der Waals surface area (Å²) in [7, 11) is 3.71. The van der Waals surface area contributed by atoms with Gasteiger partial charge in [-0.3, -0.25) is 9.59 Å². The maximum Gasteiger partial charge on any atom is 0.230 e. The van der Waals surface area contributed by atoms with Crippen LogP contribution in [0.15, 0.2) is 0 Å². The van der Waals surface area contributed by atoms with Crippen molar-refractivity contribution in [3.63, 3.8) is 0 Å². The van der Waals surface area contributed by atoms with Crippen LogP contribution < -0.4 is 5.32 Å². The van der Waals surface area contributed by atoms with Gasteiger partial charge in [-0.25, -0.2) is 0 Å². The Hall–Kier alpha value is -1.18. The molecule has 1 N–H and O–H groups in total. The smallest absolute Gasteiger partial charge is 0.230 e. The Kier molecular flexibility index (Phi) is 6.53. The third-order valence-electron chi connectivity index (χ3n) is 6.07. The number of amides is 2. The second-order valence-corrected chi connectivity index (χ2v) is 8.30. The number of nitrogens with one attached hydrogen (secondary N) is 1. The molecule has 0 aliphatic carbocycles. The fourth-order valence-corrected chi connectivity index (χ4v) is 4.40. The van der Waals surface area contributed by atoms with Crippen LogP contribution in [0.2, 0.25) is 0 Å². The van der Waals surface area contributed by atoms with E-state index in [1.54, 1.807) is 4.90 Å². The topological polar surface area (TPSA) is 71.1 Å². The van der Waals surface area contributed by atoms with Crippen molar-refractivity contribution in [1.82, 2.24) is 15.1 Å². The first-order chi connectivity index (χ1) is 12.5. The molecule has 0 radical (unpaired) electrons. The molecule has 26 heavy (non-hydrogen) atoms. The molecule has 7 heteroatoms. The van der Waals surface area contributed by atoms with E-state index in [2.05, 4.69) is 5.32 Å². The number of carbonyl (C=O) groups excluding carboxylic acids is 2. The molecule has 3 rings (SSSR count). The van der Waals surface area contributed by atoms with Gasteiger partial charge in [-0.05, 0) is 25.8 Å². The zero-order valence-electron chi connectivity index (χ0n) is 16.2. The average Bonchev–Trinajstić information content (AvgIpc) is 3.37. The van der Waals surface area contributed by atoms with Crippen LogP contribution in [-0.4, -0.2) is 88.3 Å². The third kappa shape index (κ3) is 4.56. The predicted molar refractivity (Wildman–Crippen MR) is 97.7 cm³/mol. The summed E-state index contributed by atoms with van der Waals surface area (Å²) in [5.74, 6) is 0.991. The number of hydrogen-bond donors (Lipinski definition) is 1. The number of hydrogen-bond acceptors (Lipinski definition) is 5. The highest BCUT2D eigenvalue weighted by atomic mass is 16.5. The van der Waals surface area contributed by atoms with E-state index < -0.39 is 5.41 Å². The summed E-state index contributed by atoms with van der Waals surface area (Å²) in [5, 5.41) is 3.30. The molecule has 2 amide bonds. The minimum absolute atomic E-state index is 0.0616. The SMILES string of the molecule is CN(CC1CCOC1)C(=O)CC1(C(=O)N(C)CC2CCOC2)CCNC1. The second kappa shape index (κ2) is 8.67. The van der Waals surface area contributed by atoms with Gasteiger partial charge < -0.3 is 24.6 Å². The average molecular weight is 367 g/mol. The molecule has 0 spiro atoms. The van der Waals surface area contributed by atoms with E-state index in [0.29, 0.717) is 31.5 Å². The summed E-state index contributed by atoms with van der Waals surface area (Å²) in [6.45, 7) is 5.84. The van der Waals surface area contributed by atoms with Crippen molar-refractivity contribution in [3.8, 4) is 0 Å². The van der Waals surface area contributed by atoms with Crippen molar-refractivity contribution in [2.75, 3.05) is 66.7 Å². The third-order valence-corrected chi connectivity index (χ3v) is 6.07. The molecule has 3 aliphatic rings. The minimum atomic E-state index is -0.605. The van der Waals surface area contributed by atoms with Crippen LogP contribution in [0.4, 0.5) is 0 Å². The highest BCUT2D eigenvalue weighted by Gasteiger charge is 2.45. The van der Waals surface area contributed by atoms with Crippen molar-refractivity contribution in [3.05, 3.63) is 0 Å². The van der Waals surface area contributed by atoms with E-state index in [1.807, 2.05) is 19.0 Å². The molecule has 0 saturated carbocycles. The maximum absolute atomic E-state index is 13.2. The highest BCUT2D eigenvalue weighted by molar-refractivity contribution is 5.89. The molecule has 3 fully saturated rings. The van der Waals surface area contributed by atoms with Gasteiger partial charge in [0, 0.05) is 65.2 Å². The van der Waals surface area contributed by atoms with E-state index in [1.165, 1.54) is 0 Å². The van der Waals surface area contributed by atoms with Gasteiger partial charge in [0.1, 0.15) is 0 Å². The van der Waals surface area contributed by atoms with Crippen LogP contribution in [0.5, 0.6) is 0 Å². The molecule has 0 bridgehead atoms. The zero-order chi connectivity index (χ0) is 18.6. The van der Waals surface area contributed by atoms with Gasteiger partial charge in [-0.2, -0.15) is 0 Å². The van der Waals surface area contributed by atoms with Crippen LogP contribution in [0.1, 0.15) is 25.7 Å². The normalized spacial score (nSPS) is 31.3. The lowest BCUT2D eigenvalue weighted by atomic mass is 9.81. The second-order valence-electron chi connectivity index (χ2n) is 8.30. The number of carbonyl (C=O) groups is 2. The quantitative estimate of drug-likeness (QED) is 0.703. The fraction of sp³-hybridized carbons (Fsp3) is 0.895. The Morgan fingerprint density at radius 2 is 1.65 bits per heavy atom. The molecule has 3 aliphatic heterocycles. The van der Waals surface area contributed by atoms with Crippen LogP contribution >= 0.6 is 0 Å². The van der Waals surface area contributed by atoms with E-state index in [0.717, 1.165) is 52.2 Å². The van der Waals surface area contributed by atoms with E-state index in [4.69, 9.17) is 9.47 Å². The molecule has 148 valence electrons. The number of nitrogens with zero attached hydrogens (tertiary/aromatic N) is 2. The van der Waals surface area contributed by atoms with Gasteiger partial charge in [0.15, 0.2) is 0 Å². The zero-order valence-corrected chi connectivity index (χ0v) is 16.2. The molecule has 7 nitrogen and oxygen atoms in total. The summed E-state index contributed by atoms with van der Waals surface area (Å²) in [6, 6.07) is 0. The first kappa shape index (κ1) is 19.6. The van der Waals surface area contributed by atoms with Crippen molar-refractivity contribution >= 4 is 11.8 Å². The van der Waals surface area contributed by atoms with Crippen LogP contribution in [0, 0.1) is 17.3 Å². The van der Waals surface area contributed by atoms with Crippen LogP contribution in [-0.2, 0) is 19.1 Å². The Labute approximate surface area is 156 Å². The monoisotopic (exact) mass is 367 g/mol. The molecule has 3 heterocycles. The number of ether oxygens (including phenoxy) is 2. The summed E-state index contributed by atoms with van der Waals surface area (Å²) >= 11 is 0. The Morgan fingerprint density at radius 3 is 2.15 bits per heavy atom. The first-order valence-electron chi connectivity index (χ1n) is 9.86. The molecule has 0 aromatic rings. The van der Waals surface area contributed by atoms with E-state index in [9.17, 15) is 9.59 Å². The summed E-state index contributed by atoms with van der Waals surface area (Å²) in [5.41, 5.74) is -0.605. The molecule has 3 saturated heterocycles. The molecule has 3 atom stereocenters. The van der Waals surface area contributed by atoms with Gasteiger partial charge >= 0.3 is 0 Å². The fourth-order valence-electron chi connectivity index (χ4n) is 4.40. The first-order valence-corrected chi connectivity index (χ1v) is 9.86. The maximum atomic E-state index is 13.2. The van der Waals surface area contributed by atoms with Gasteiger partial charge in [0.2, 0.25) is 11.8 Å². The largest absolute Gasteiger partial charge is 0.381 e.